The highest BCUT2D eigenvalue weighted by Gasteiger charge is 2.30. The van der Waals surface area contributed by atoms with E-state index in [0.29, 0.717) is 11.4 Å². The number of nitrogens with one attached hydrogen (secondary N) is 2. The van der Waals surface area contributed by atoms with Crippen molar-refractivity contribution in [2.24, 2.45) is 11.7 Å². The van der Waals surface area contributed by atoms with E-state index in [9.17, 15) is 23.1 Å². The number of aromatic nitrogens is 3. The molecule has 1 aromatic heterocycles. The molecule has 6 N–H and O–H groups in total. The lowest BCUT2D eigenvalue weighted by molar-refractivity contribution is -0.143. The number of likely N-dealkylation sites (N-methyl/N-ethyl adjacent to an activating group) is 1. The van der Waals surface area contributed by atoms with Crippen LogP contribution in [0.2, 0.25) is 0 Å². The molecule has 2 unspecified atom stereocenters. The Morgan fingerprint density at radius 2 is 2.10 bits per heavy atom. The van der Waals surface area contributed by atoms with Gasteiger partial charge in [0.2, 0.25) is 5.91 Å². The molecule has 0 saturated carbocycles. The molecule has 1 amide bonds. The Morgan fingerprint density at radius 1 is 1.43 bits per heavy atom. The van der Waals surface area contributed by atoms with Gasteiger partial charge in [0.1, 0.15) is 6.04 Å². The van der Waals surface area contributed by atoms with Crippen LogP contribution in [-0.4, -0.2) is 82.7 Å². The van der Waals surface area contributed by atoms with Crippen molar-refractivity contribution in [1.82, 2.24) is 25.6 Å². The lowest BCUT2D eigenvalue weighted by Gasteiger charge is -2.24. The number of aliphatic carboxylic acids is 1. The molecule has 0 aliphatic rings. The number of carbonyl (C=O) groups is 2. The normalized spacial score (nSPS) is 15.9. The number of thioether (sulfide) groups is 1. The molecule has 0 fully saturated rings. The van der Waals surface area contributed by atoms with Crippen molar-refractivity contribution < 1.29 is 31.8 Å². The van der Waals surface area contributed by atoms with Gasteiger partial charge in [0.05, 0.1) is 37.1 Å². The van der Waals surface area contributed by atoms with Gasteiger partial charge in [-0.3, -0.25) is 9.35 Å². The van der Waals surface area contributed by atoms with Crippen LogP contribution in [0.5, 0.6) is 0 Å². The SMILES string of the molecule is CN[C@@H](CC(N)c1cn(CCOS(=O)(=O)O)nn1)C(=O)N[C@@H](C(=O)O)C(C)CSC. The number of hydrogen-bond acceptors (Lipinski definition) is 10. The van der Waals surface area contributed by atoms with Crippen LogP contribution >= 0.6 is 11.8 Å². The summed E-state index contributed by atoms with van der Waals surface area (Å²) < 4.78 is 35.1. The molecule has 0 bridgehead atoms. The van der Waals surface area contributed by atoms with E-state index < -0.39 is 40.4 Å². The average Bonchev–Trinajstić information content (AvgIpc) is 3.11. The minimum Gasteiger partial charge on any atom is -0.480 e. The van der Waals surface area contributed by atoms with Crippen molar-refractivity contribution in [3.8, 4) is 0 Å². The first-order valence-corrected chi connectivity index (χ1v) is 11.7. The molecule has 172 valence electrons. The zero-order chi connectivity index (χ0) is 22.9. The van der Waals surface area contributed by atoms with Gasteiger partial charge >= 0.3 is 16.4 Å². The molecule has 13 nitrogen and oxygen atoms in total. The van der Waals surface area contributed by atoms with E-state index in [2.05, 4.69) is 25.1 Å². The van der Waals surface area contributed by atoms with E-state index in [1.807, 2.05) is 6.26 Å². The van der Waals surface area contributed by atoms with E-state index in [0.717, 1.165) is 0 Å². The predicted octanol–water partition coefficient (Wildman–Crippen LogP) is -1.36. The predicted molar refractivity (Wildman–Crippen MR) is 109 cm³/mol. The Morgan fingerprint density at radius 3 is 2.63 bits per heavy atom. The van der Waals surface area contributed by atoms with Crippen molar-refractivity contribution in [1.29, 1.82) is 0 Å². The van der Waals surface area contributed by atoms with Crippen molar-refractivity contribution in [3.63, 3.8) is 0 Å². The highest BCUT2D eigenvalue weighted by atomic mass is 32.3. The van der Waals surface area contributed by atoms with Gasteiger partial charge in [-0.25, -0.2) is 13.7 Å². The maximum Gasteiger partial charge on any atom is 0.397 e. The van der Waals surface area contributed by atoms with Crippen LogP contribution in [0.4, 0.5) is 0 Å². The number of carboxylic acid groups (broad SMARTS) is 1. The van der Waals surface area contributed by atoms with Gasteiger partial charge in [-0.15, -0.1) is 5.10 Å². The quantitative estimate of drug-likeness (QED) is 0.201. The second kappa shape index (κ2) is 12.2. The van der Waals surface area contributed by atoms with Gasteiger partial charge in [-0.05, 0) is 31.4 Å². The Kier molecular flexibility index (Phi) is 10.6. The van der Waals surface area contributed by atoms with Crippen molar-refractivity contribution >= 4 is 34.0 Å². The smallest absolute Gasteiger partial charge is 0.397 e. The third-order valence-electron chi connectivity index (χ3n) is 4.21. The van der Waals surface area contributed by atoms with Crippen LogP contribution in [0.25, 0.3) is 0 Å². The first kappa shape index (κ1) is 26.3. The summed E-state index contributed by atoms with van der Waals surface area (Å²) in [5, 5.41) is 22.4. The molecule has 15 heteroatoms. The Hall–Kier alpha value is -1.78. The maximum absolute atomic E-state index is 12.6. The fourth-order valence-corrected chi connectivity index (χ4v) is 3.62. The Bertz CT molecular complexity index is 803. The lowest BCUT2D eigenvalue weighted by Crippen LogP contribution is -2.52. The summed E-state index contributed by atoms with van der Waals surface area (Å²) in [6.45, 7) is 1.41. The van der Waals surface area contributed by atoms with Crippen LogP contribution < -0.4 is 16.4 Å². The number of hydrogen-bond donors (Lipinski definition) is 5. The molecule has 0 aliphatic carbocycles. The fraction of sp³-hybridized carbons (Fsp3) is 0.733. The number of nitrogens with two attached hydrogens (primary N) is 1. The van der Waals surface area contributed by atoms with Crippen molar-refractivity contribution in [2.75, 3.05) is 25.7 Å². The summed E-state index contributed by atoms with van der Waals surface area (Å²) in [6, 6.07) is -2.49. The van der Waals surface area contributed by atoms with Gasteiger partial charge in [-0.1, -0.05) is 12.1 Å². The maximum atomic E-state index is 12.6. The first-order chi connectivity index (χ1) is 14.0. The van der Waals surface area contributed by atoms with Gasteiger partial charge < -0.3 is 21.5 Å². The molecule has 0 radical (unpaired) electrons. The highest BCUT2D eigenvalue weighted by molar-refractivity contribution is 7.98. The van der Waals surface area contributed by atoms with E-state index in [-0.39, 0.29) is 25.5 Å². The topological polar surface area (TPSA) is 199 Å². The summed E-state index contributed by atoms with van der Waals surface area (Å²) in [5.41, 5.74) is 6.44. The highest BCUT2D eigenvalue weighted by Crippen LogP contribution is 2.15. The monoisotopic (exact) mass is 468 g/mol. The van der Waals surface area contributed by atoms with Crippen LogP contribution in [0, 0.1) is 5.92 Å². The molecule has 4 atom stereocenters. The molecule has 30 heavy (non-hydrogen) atoms. The molecule has 1 aromatic rings. The minimum absolute atomic E-state index is 0.00305. The van der Waals surface area contributed by atoms with Gasteiger partial charge in [0, 0.05) is 0 Å². The molecule has 1 heterocycles. The number of carboxylic acids is 1. The minimum atomic E-state index is -4.54. The largest absolute Gasteiger partial charge is 0.480 e. The number of rotatable bonds is 14. The summed E-state index contributed by atoms with van der Waals surface area (Å²) in [5.74, 6) is -1.30. The molecule has 0 spiro atoms. The van der Waals surface area contributed by atoms with Crippen LogP contribution in [0.15, 0.2) is 6.20 Å². The standard InChI is InChI=1S/C15H28N6O7S2/c1-9(8-29-3)13(15(23)24)18-14(22)11(17-2)6-10(16)12-7-21(20-19-12)4-5-28-30(25,26)27/h7,9-11,13,17H,4-6,8,16H2,1-3H3,(H,18,22)(H,23,24)(H,25,26,27)/t9?,10?,11-,13+/m0/s1. The number of carbonyl (C=O) groups excluding carboxylic acids is 1. The summed E-state index contributed by atoms with van der Waals surface area (Å²) >= 11 is 1.49. The van der Waals surface area contributed by atoms with Gasteiger partial charge in [-0.2, -0.15) is 20.2 Å². The zero-order valence-electron chi connectivity index (χ0n) is 16.9. The number of nitrogens with zero attached hydrogens (tertiary/aromatic N) is 3. The van der Waals surface area contributed by atoms with Crippen molar-refractivity contribution in [3.05, 3.63) is 11.9 Å². The lowest BCUT2D eigenvalue weighted by atomic mass is 10.0. The Labute approximate surface area is 179 Å². The van der Waals surface area contributed by atoms with Crippen molar-refractivity contribution in [2.45, 2.75) is 38.0 Å². The summed E-state index contributed by atoms with van der Waals surface area (Å²) in [7, 11) is -2.98. The second-order valence-corrected chi connectivity index (χ2v) is 8.60. The van der Waals surface area contributed by atoms with Crippen LogP contribution in [0.3, 0.4) is 0 Å². The van der Waals surface area contributed by atoms with Crippen LogP contribution in [-0.2, 0) is 30.7 Å². The van der Waals surface area contributed by atoms with Crippen LogP contribution in [0.1, 0.15) is 25.1 Å². The van der Waals surface area contributed by atoms with E-state index >= 15 is 0 Å². The van der Waals surface area contributed by atoms with Gasteiger partial charge in [0.15, 0.2) is 0 Å². The molecule has 0 aliphatic heterocycles. The third kappa shape index (κ3) is 8.93. The first-order valence-electron chi connectivity index (χ1n) is 8.95. The summed E-state index contributed by atoms with van der Waals surface area (Å²) in [4.78, 5) is 24.1. The van der Waals surface area contributed by atoms with E-state index in [1.54, 1.807) is 14.0 Å². The van der Waals surface area contributed by atoms with Gasteiger partial charge in [0.25, 0.3) is 0 Å². The number of amides is 1. The molecule has 0 aromatic carbocycles. The molecule has 0 saturated heterocycles. The third-order valence-corrected chi connectivity index (χ3v) is 5.53. The van der Waals surface area contributed by atoms with E-state index in [1.165, 1.54) is 22.6 Å². The zero-order valence-corrected chi connectivity index (χ0v) is 18.5. The second-order valence-electron chi connectivity index (χ2n) is 6.60. The Balaban J connectivity index is 2.70. The summed E-state index contributed by atoms with van der Waals surface area (Å²) in [6.07, 6.45) is 3.43. The molecular weight excluding hydrogens is 440 g/mol. The average molecular weight is 469 g/mol. The molecule has 1 rings (SSSR count). The van der Waals surface area contributed by atoms with E-state index in [4.69, 9.17) is 10.3 Å². The fourth-order valence-electron chi connectivity index (χ4n) is 2.62. The molecular formula is C15H28N6O7S2.